The monoisotopic (exact) mass is 290 g/mol. The van der Waals surface area contributed by atoms with Crippen molar-refractivity contribution in [3.05, 3.63) is 35.4 Å². The average Bonchev–Trinajstić information content (AvgIpc) is 2.97. The summed E-state index contributed by atoms with van der Waals surface area (Å²) in [6, 6.07) is 8.23. The van der Waals surface area contributed by atoms with Crippen molar-refractivity contribution in [3.8, 4) is 0 Å². The van der Waals surface area contributed by atoms with Crippen LogP contribution in [0, 0.1) is 6.92 Å². The van der Waals surface area contributed by atoms with Crippen LogP contribution in [0.2, 0.25) is 0 Å². The van der Waals surface area contributed by atoms with Gasteiger partial charge in [0.05, 0.1) is 13.2 Å². The molecule has 0 radical (unpaired) electrons. The summed E-state index contributed by atoms with van der Waals surface area (Å²) in [6.07, 6.45) is 5.02. The maximum absolute atomic E-state index is 11.9. The lowest BCUT2D eigenvalue weighted by Gasteiger charge is -2.27. The van der Waals surface area contributed by atoms with Crippen LogP contribution in [-0.4, -0.2) is 36.2 Å². The van der Waals surface area contributed by atoms with Crippen molar-refractivity contribution in [1.29, 1.82) is 0 Å². The summed E-state index contributed by atoms with van der Waals surface area (Å²) in [7, 11) is 0. The number of aliphatic hydroxyl groups is 1. The van der Waals surface area contributed by atoms with Crippen LogP contribution in [0.1, 0.15) is 36.8 Å². The first-order chi connectivity index (χ1) is 10.2. The molecule has 4 nitrogen and oxygen atoms in total. The Morgan fingerprint density at radius 2 is 2.00 bits per heavy atom. The van der Waals surface area contributed by atoms with Crippen LogP contribution >= 0.6 is 0 Å². The second-order valence-corrected chi connectivity index (χ2v) is 6.03. The molecular formula is C17H26N2O2. The van der Waals surface area contributed by atoms with Gasteiger partial charge >= 0.3 is 0 Å². The summed E-state index contributed by atoms with van der Waals surface area (Å²) in [6.45, 7) is 3.14. The normalized spacial score (nSPS) is 16.9. The van der Waals surface area contributed by atoms with Crippen molar-refractivity contribution in [2.24, 2.45) is 0 Å². The average molecular weight is 290 g/mol. The van der Waals surface area contributed by atoms with Gasteiger partial charge in [-0.15, -0.1) is 0 Å². The van der Waals surface area contributed by atoms with Crippen LogP contribution in [0.3, 0.4) is 0 Å². The smallest absolute Gasteiger partial charge is 0.233 e. The lowest BCUT2D eigenvalue weighted by Crippen LogP contribution is -2.50. The third-order valence-corrected chi connectivity index (χ3v) is 4.47. The molecule has 0 atom stereocenters. The zero-order valence-electron chi connectivity index (χ0n) is 12.8. The number of carbonyl (C=O) groups excluding carboxylic acids is 1. The number of nitrogens with one attached hydrogen (secondary N) is 2. The Bertz CT molecular complexity index is 468. The molecule has 1 saturated carbocycles. The van der Waals surface area contributed by atoms with Gasteiger partial charge in [-0.3, -0.25) is 4.79 Å². The van der Waals surface area contributed by atoms with Gasteiger partial charge < -0.3 is 15.7 Å². The van der Waals surface area contributed by atoms with Gasteiger partial charge in [-0.05, 0) is 37.3 Å². The topological polar surface area (TPSA) is 61.4 Å². The van der Waals surface area contributed by atoms with E-state index in [0.717, 1.165) is 32.1 Å². The van der Waals surface area contributed by atoms with Gasteiger partial charge in [-0.2, -0.15) is 0 Å². The molecule has 4 heteroatoms. The van der Waals surface area contributed by atoms with Crippen LogP contribution < -0.4 is 10.6 Å². The minimum atomic E-state index is -0.229. The van der Waals surface area contributed by atoms with Crippen LogP contribution in [-0.2, 0) is 11.2 Å². The summed E-state index contributed by atoms with van der Waals surface area (Å²) in [4.78, 5) is 11.9. The molecule has 1 aliphatic carbocycles. The molecule has 1 aromatic rings. The van der Waals surface area contributed by atoms with E-state index in [1.54, 1.807) is 0 Å². The second-order valence-electron chi connectivity index (χ2n) is 6.03. The number of hydrogen-bond acceptors (Lipinski definition) is 3. The fourth-order valence-corrected chi connectivity index (χ4v) is 3.00. The van der Waals surface area contributed by atoms with Gasteiger partial charge in [0.15, 0.2) is 0 Å². The highest BCUT2D eigenvalue weighted by Crippen LogP contribution is 2.28. The quantitative estimate of drug-likeness (QED) is 0.714. The van der Waals surface area contributed by atoms with Gasteiger partial charge in [0, 0.05) is 12.1 Å². The molecule has 0 heterocycles. The maximum atomic E-state index is 11.9. The highest BCUT2D eigenvalue weighted by molar-refractivity contribution is 5.78. The van der Waals surface area contributed by atoms with E-state index >= 15 is 0 Å². The molecule has 0 aromatic heterocycles. The SMILES string of the molecule is Cc1ccccc1CCNC(=O)CNC1(CO)CCCC1. The fraction of sp³-hybridized carbons (Fsp3) is 0.588. The van der Waals surface area contributed by atoms with E-state index in [0.29, 0.717) is 6.54 Å². The lowest BCUT2D eigenvalue weighted by atomic mass is 9.99. The van der Waals surface area contributed by atoms with Gasteiger partial charge in [0.2, 0.25) is 5.91 Å². The largest absolute Gasteiger partial charge is 0.394 e. The minimum absolute atomic E-state index is 0.00306. The molecule has 21 heavy (non-hydrogen) atoms. The summed E-state index contributed by atoms with van der Waals surface area (Å²) in [5.74, 6) is 0.00306. The van der Waals surface area contributed by atoms with Gasteiger partial charge in [-0.1, -0.05) is 37.1 Å². The standard InChI is InChI=1S/C17H26N2O2/c1-14-6-2-3-7-15(14)8-11-18-16(21)12-19-17(13-20)9-4-5-10-17/h2-3,6-7,19-20H,4-5,8-13H2,1H3,(H,18,21). The lowest BCUT2D eigenvalue weighted by molar-refractivity contribution is -0.120. The Kier molecular flexibility index (Phi) is 5.76. The molecule has 1 aromatic carbocycles. The Balaban J connectivity index is 1.69. The molecule has 1 amide bonds. The Hall–Kier alpha value is -1.39. The maximum Gasteiger partial charge on any atom is 0.233 e. The number of hydrogen-bond donors (Lipinski definition) is 3. The molecule has 2 rings (SSSR count). The number of aliphatic hydroxyl groups excluding tert-OH is 1. The van der Waals surface area contributed by atoms with Crippen LogP contribution in [0.25, 0.3) is 0 Å². The van der Waals surface area contributed by atoms with Crippen molar-refractivity contribution in [2.75, 3.05) is 19.7 Å². The summed E-state index contributed by atoms with van der Waals surface area (Å²) >= 11 is 0. The van der Waals surface area contributed by atoms with E-state index in [-0.39, 0.29) is 24.6 Å². The number of aryl methyl sites for hydroxylation is 1. The minimum Gasteiger partial charge on any atom is -0.394 e. The van der Waals surface area contributed by atoms with Gasteiger partial charge in [0.25, 0.3) is 0 Å². The van der Waals surface area contributed by atoms with Crippen molar-refractivity contribution in [3.63, 3.8) is 0 Å². The molecule has 0 aliphatic heterocycles. The predicted molar refractivity (Wildman–Crippen MR) is 84.2 cm³/mol. The van der Waals surface area contributed by atoms with E-state index in [2.05, 4.69) is 29.7 Å². The Morgan fingerprint density at radius 3 is 2.67 bits per heavy atom. The van der Waals surface area contributed by atoms with Crippen molar-refractivity contribution in [1.82, 2.24) is 10.6 Å². The van der Waals surface area contributed by atoms with Gasteiger partial charge in [0.1, 0.15) is 0 Å². The third kappa shape index (κ3) is 4.55. The highest BCUT2D eigenvalue weighted by Gasteiger charge is 2.32. The molecule has 0 spiro atoms. The molecule has 116 valence electrons. The third-order valence-electron chi connectivity index (χ3n) is 4.47. The van der Waals surface area contributed by atoms with Crippen molar-refractivity contribution < 1.29 is 9.90 Å². The van der Waals surface area contributed by atoms with Crippen LogP contribution in [0.5, 0.6) is 0 Å². The van der Waals surface area contributed by atoms with Crippen LogP contribution in [0.15, 0.2) is 24.3 Å². The van der Waals surface area contributed by atoms with Crippen LogP contribution in [0.4, 0.5) is 0 Å². The number of benzene rings is 1. The van der Waals surface area contributed by atoms with Gasteiger partial charge in [-0.25, -0.2) is 0 Å². The van der Waals surface area contributed by atoms with Crippen molar-refractivity contribution in [2.45, 2.75) is 44.6 Å². The van der Waals surface area contributed by atoms with E-state index < -0.39 is 0 Å². The zero-order valence-corrected chi connectivity index (χ0v) is 12.8. The molecule has 1 fully saturated rings. The van der Waals surface area contributed by atoms with E-state index in [4.69, 9.17) is 0 Å². The molecule has 1 aliphatic rings. The second kappa shape index (κ2) is 7.57. The summed E-state index contributed by atoms with van der Waals surface area (Å²) in [5, 5.41) is 15.7. The predicted octanol–water partition coefficient (Wildman–Crippen LogP) is 1.55. The first-order valence-electron chi connectivity index (χ1n) is 7.82. The number of amides is 1. The highest BCUT2D eigenvalue weighted by atomic mass is 16.3. The number of carbonyl (C=O) groups is 1. The first kappa shape index (κ1) is 16.0. The summed E-state index contributed by atoms with van der Waals surface area (Å²) < 4.78 is 0. The van der Waals surface area contributed by atoms with E-state index in [9.17, 15) is 9.90 Å². The van der Waals surface area contributed by atoms with E-state index in [1.807, 2.05) is 12.1 Å². The Labute approximate surface area is 126 Å². The van der Waals surface area contributed by atoms with E-state index in [1.165, 1.54) is 11.1 Å². The first-order valence-corrected chi connectivity index (χ1v) is 7.82. The fourth-order valence-electron chi connectivity index (χ4n) is 3.00. The zero-order chi connectivity index (χ0) is 15.1. The summed E-state index contributed by atoms with van der Waals surface area (Å²) in [5.41, 5.74) is 2.30. The van der Waals surface area contributed by atoms with Crippen molar-refractivity contribution >= 4 is 5.91 Å². The molecular weight excluding hydrogens is 264 g/mol. The Morgan fingerprint density at radius 1 is 1.29 bits per heavy atom. The molecule has 0 bridgehead atoms. The molecule has 0 saturated heterocycles. The molecule has 0 unspecified atom stereocenters. The molecule has 3 N–H and O–H groups in total. The number of rotatable bonds is 7.